The maximum atomic E-state index is 5.93. The number of rotatable bonds is 0. The Hall–Kier alpha value is -0.0800. The highest BCUT2D eigenvalue weighted by Crippen LogP contribution is 2.41. The van der Waals surface area contributed by atoms with Crippen LogP contribution < -0.4 is 0 Å². The number of ether oxygens (including phenoxy) is 2. The summed E-state index contributed by atoms with van der Waals surface area (Å²) in [6.45, 7) is 6.53. The fourth-order valence-electron chi connectivity index (χ4n) is 2.33. The minimum absolute atomic E-state index is 0.203. The third kappa shape index (κ3) is 1.75. The molecular weight excluding hydrogens is 164 g/mol. The summed E-state index contributed by atoms with van der Waals surface area (Å²) in [5, 5.41) is 0. The molecule has 0 aromatic carbocycles. The smallest absolute Gasteiger partial charge is 0.169 e. The molecule has 2 atom stereocenters. The van der Waals surface area contributed by atoms with E-state index in [1.54, 1.807) is 0 Å². The molecule has 13 heavy (non-hydrogen) atoms. The van der Waals surface area contributed by atoms with Crippen LogP contribution in [0, 0.1) is 5.92 Å². The first kappa shape index (κ1) is 9.47. The zero-order valence-corrected chi connectivity index (χ0v) is 8.88. The Kier molecular flexibility index (Phi) is 2.37. The Morgan fingerprint density at radius 1 is 0.923 bits per heavy atom. The quantitative estimate of drug-likeness (QED) is 0.576. The van der Waals surface area contributed by atoms with Crippen LogP contribution in [0.5, 0.6) is 0 Å². The largest absolute Gasteiger partial charge is 0.344 e. The lowest BCUT2D eigenvalue weighted by Gasteiger charge is -2.34. The van der Waals surface area contributed by atoms with Crippen molar-refractivity contribution >= 4 is 0 Å². The van der Waals surface area contributed by atoms with Gasteiger partial charge in [0.2, 0.25) is 0 Å². The van der Waals surface area contributed by atoms with E-state index in [1.165, 1.54) is 12.8 Å². The van der Waals surface area contributed by atoms with Crippen molar-refractivity contribution in [2.75, 3.05) is 0 Å². The lowest BCUT2D eigenvalue weighted by Crippen LogP contribution is -2.35. The summed E-state index contributed by atoms with van der Waals surface area (Å²) in [6.07, 6.45) is 5.21. The molecule has 0 amide bonds. The van der Waals surface area contributed by atoms with E-state index in [0.717, 1.165) is 18.8 Å². The second-order valence-corrected chi connectivity index (χ2v) is 4.74. The first-order valence-corrected chi connectivity index (χ1v) is 5.47. The molecule has 2 aliphatic rings. The molecule has 1 aliphatic heterocycles. The Morgan fingerprint density at radius 2 is 1.38 bits per heavy atom. The highest BCUT2D eigenvalue weighted by atomic mass is 16.8. The Labute approximate surface area is 80.6 Å². The van der Waals surface area contributed by atoms with E-state index < -0.39 is 0 Å². The summed E-state index contributed by atoms with van der Waals surface area (Å²) in [7, 11) is 0. The molecule has 2 heteroatoms. The Balaban J connectivity index is 1.99. The van der Waals surface area contributed by atoms with E-state index in [-0.39, 0.29) is 18.0 Å². The highest BCUT2D eigenvalue weighted by Gasteiger charge is 2.45. The summed E-state index contributed by atoms with van der Waals surface area (Å²) in [4.78, 5) is 0. The molecule has 1 saturated carbocycles. The molecule has 0 aromatic rings. The van der Waals surface area contributed by atoms with Crippen molar-refractivity contribution in [1.82, 2.24) is 0 Å². The number of hydrogen-bond acceptors (Lipinski definition) is 2. The van der Waals surface area contributed by atoms with E-state index >= 15 is 0 Å². The van der Waals surface area contributed by atoms with Gasteiger partial charge in [0.15, 0.2) is 5.79 Å². The maximum absolute atomic E-state index is 5.93. The van der Waals surface area contributed by atoms with Crippen molar-refractivity contribution < 1.29 is 9.47 Å². The third-order valence-electron chi connectivity index (χ3n) is 3.50. The lowest BCUT2D eigenvalue weighted by molar-refractivity contribution is -0.196. The monoisotopic (exact) mass is 184 g/mol. The molecule has 1 heterocycles. The van der Waals surface area contributed by atoms with Gasteiger partial charge >= 0.3 is 0 Å². The minimum atomic E-state index is -0.203. The van der Waals surface area contributed by atoms with Crippen LogP contribution in [0.2, 0.25) is 0 Å². The van der Waals surface area contributed by atoms with Gasteiger partial charge in [-0.1, -0.05) is 6.92 Å². The fourth-order valence-corrected chi connectivity index (χ4v) is 2.33. The first-order chi connectivity index (χ1) is 6.11. The van der Waals surface area contributed by atoms with Gasteiger partial charge in [-0.05, 0) is 32.6 Å². The van der Waals surface area contributed by atoms with Gasteiger partial charge in [-0.25, -0.2) is 0 Å². The second-order valence-electron chi connectivity index (χ2n) is 4.74. The molecule has 0 N–H and O–H groups in total. The van der Waals surface area contributed by atoms with Gasteiger partial charge in [0, 0.05) is 12.8 Å². The normalized spacial score (nSPS) is 51.5. The summed E-state index contributed by atoms with van der Waals surface area (Å²) >= 11 is 0. The maximum Gasteiger partial charge on any atom is 0.169 e. The van der Waals surface area contributed by atoms with Gasteiger partial charge in [0.25, 0.3) is 0 Å². The van der Waals surface area contributed by atoms with Crippen LogP contribution in [0.25, 0.3) is 0 Å². The lowest BCUT2D eigenvalue weighted by atomic mass is 9.86. The molecule has 1 aliphatic carbocycles. The van der Waals surface area contributed by atoms with Crippen LogP contribution in [-0.2, 0) is 9.47 Å². The third-order valence-corrected chi connectivity index (χ3v) is 3.50. The van der Waals surface area contributed by atoms with E-state index in [2.05, 4.69) is 20.8 Å². The molecular formula is C11H20O2. The molecule has 0 aromatic heterocycles. The summed E-state index contributed by atoms with van der Waals surface area (Å²) in [6, 6.07) is 0. The molecule has 0 bridgehead atoms. The summed E-state index contributed by atoms with van der Waals surface area (Å²) in [5.41, 5.74) is 0. The first-order valence-electron chi connectivity index (χ1n) is 5.47. The van der Waals surface area contributed by atoms with Gasteiger partial charge in [0.1, 0.15) is 0 Å². The van der Waals surface area contributed by atoms with Crippen molar-refractivity contribution in [2.45, 2.75) is 64.4 Å². The molecule has 1 saturated heterocycles. The Bertz CT molecular complexity index is 171. The molecule has 76 valence electrons. The van der Waals surface area contributed by atoms with Crippen molar-refractivity contribution in [2.24, 2.45) is 5.92 Å². The van der Waals surface area contributed by atoms with Crippen molar-refractivity contribution in [3.63, 3.8) is 0 Å². The highest BCUT2D eigenvalue weighted by molar-refractivity contribution is 4.86. The van der Waals surface area contributed by atoms with E-state index in [9.17, 15) is 0 Å². The predicted molar refractivity (Wildman–Crippen MR) is 51.5 cm³/mol. The zero-order valence-electron chi connectivity index (χ0n) is 8.88. The van der Waals surface area contributed by atoms with Crippen molar-refractivity contribution in [3.05, 3.63) is 0 Å². The predicted octanol–water partition coefficient (Wildman–Crippen LogP) is 2.72. The molecule has 2 nitrogen and oxygen atoms in total. The summed E-state index contributed by atoms with van der Waals surface area (Å²) < 4.78 is 11.9. The topological polar surface area (TPSA) is 18.5 Å². The Morgan fingerprint density at radius 3 is 1.85 bits per heavy atom. The van der Waals surface area contributed by atoms with Crippen LogP contribution >= 0.6 is 0 Å². The van der Waals surface area contributed by atoms with Crippen LogP contribution in [-0.4, -0.2) is 18.0 Å². The van der Waals surface area contributed by atoms with Crippen molar-refractivity contribution in [3.8, 4) is 0 Å². The van der Waals surface area contributed by atoms with Gasteiger partial charge in [-0.15, -0.1) is 0 Å². The van der Waals surface area contributed by atoms with Crippen LogP contribution in [0.3, 0.4) is 0 Å². The van der Waals surface area contributed by atoms with E-state index in [4.69, 9.17) is 9.47 Å². The van der Waals surface area contributed by atoms with Crippen molar-refractivity contribution in [1.29, 1.82) is 0 Å². The van der Waals surface area contributed by atoms with Crippen LogP contribution in [0.4, 0.5) is 0 Å². The molecule has 1 spiro atoms. The number of hydrogen-bond donors (Lipinski definition) is 0. The van der Waals surface area contributed by atoms with Gasteiger partial charge in [0.05, 0.1) is 12.2 Å². The molecule has 0 radical (unpaired) electrons. The van der Waals surface area contributed by atoms with Gasteiger partial charge in [-0.2, -0.15) is 0 Å². The summed E-state index contributed by atoms with van der Waals surface area (Å²) in [5.74, 6) is 0.648. The van der Waals surface area contributed by atoms with Crippen LogP contribution in [0.1, 0.15) is 46.5 Å². The second kappa shape index (κ2) is 3.25. The molecule has 2 fully saturated rings. The fraction of sp³-hybridized carbons (Fsp3) is 1.00. The molecule has 2 unspecified atom stereocenters. The van der Waals surface area contributed by atoms with Gasteiger partial charge in [-0.3, -0.25) is 0 Å². The average Bonchev–Trinajstić information content (AvgIpc) is 2.36. The SMILES string of the molecule is CC1CCC2(CC1)OC(C)C(C)O2. The van der Waals surface area contributed by atoms with E-state index in [1.807, 2.05) is 0 Å². The standard InChI is InChI=1S/C11H20O2/c1-8-4-6-11(7-5-8)12-9(2)10(3)13-11/h8-10H,4-7H2,1-3H3. The molecule has 2 rings (SSSR count). The zero-order chi connectivity index (χ0) is 9.47. The minimum Gasteiger partial charge on any atom is -0.344 e. The van der Waals surface area contributed by atoms with Gasteiger partial charge < -0.3 is 9.47 Å². The average molecular weight is 184 g/mol. The van der Waals surface area contributed by atoms with Crippen LogP contribution in [0.15, 0.2) is 0 Å². The van der Waals surface area contributed by atoms with E-state index in [0.29, 0.717) is 0 Å².